The number of nitrogen functional groups attached to an aromatic ring is 2. The number of Topliss-reactive ketones (excluding diaryl/α,β-unsaturated/α-hetero) is 1. The number of allylic oxidation sites excluding steroid dienone is 5. The van der Waals surface area contributed by atoms with Gasteiger partial charge in [-0.25, -0.2) is 39.4 Å². The molecule has 37 nitrogen and oxygen atoms in total. The summed E-state index contributed by atoms with van der Waals surface area (Å²) in [5, 5.41) is 61.0. The second-order valence-electron chi connectivity index (χ2n) is 38.7. The second kappa shape index (κ2) is 46.1. The fourth-order valence-corrected chi connectivity index (χ4v) is 19.8. The number of oxazole rings is 1. The van der Waals surface area contributed by atoms with Crippen LogP contribution in [0.3, 0.4) is 0 Å². The predicted octanol–water partition coefficient (Wildman–Crippen LogP) is 8.69. The Labute approximate surface area is 800 Å². The van der Waals surface area contributed by atoms with Gasteiger partial charge in [0, 0.05) is 173 Å². The van der Waals surface area contributed by atoms with E-state index in [0.29, 0.717) is 211 Å². The molecule has 7 aliphatic rings. The highest BCUT2D eigenvalue weighted by Crippen LogP contribution is 2.41. The number of fused-ring (bicyclic) bond motifs is 6. The third kappa shape index (κ3) is 25.0. The van der Waals surface area contributed by atoms with E-state index in [2.05, 4.69) is 68.2 Å². The summed E-state index contributed by atoms with van der Waals surface area (Å²) in [4.78, 5) is 135. The summed E-state index contributed by atoms with van der Waals surface area (Å²) in [6, 6.07) is 10.7. The van der Waals surface area contributed by atoms with E-state index in [9.17, 15) is 49.2 Å². The number of piperazine rings is 2. The zero-order valence-electron chi connectivity index (χ0n) is 81.0. The smallest absolute Gasteiger partial charge is 0.329 e. The molecule has 0 spiro atoms. The van der Waals surface area contributed by atoms with Crippen LogP contribution in [0.25, 0.3) is 33.4 Å². The number of ketones is 1. The maximum atomic E-state index is 14.8. The lowest BCUT2D eigenvalue weighted by Gasteiger charge is -2.43. The summed E-state index contributed by atoms with van der Waals surface area (Å²) in [6.07, 6.45) is 18.9. The molecule has 37 heteroatoms. The Morgan fingerprint density at radius 2 is 1.47 bits per heavy atom. The average molecular weight is 1890 g/mol. The number of aliphatic hydroxyl groups excluding tert-OH is 3. The Bertz CT molecular complexity index is 5500. The number of nitrogens with one attached hydrogen (secondary N) is 1. The van der Waals surface area contributed by atoms with Crippen LogP contribution in [0.15, 0.2) is 125 Å². The van der Waals surface area contributed by atoms with Gasteiger partial charge in [-0.3, -0.25) is 28.9 Å². The van der Waals surface area contributed by atoms with E-state index in [1.54, 1.807) is 85.8 Å². The lowest BCUT2D eigenvalue weighted by Crippen LogP contribution is -2.61. The molecule has 5 fully saturated rings. The minimum absolute atomic E-state index is 0.00849. The van der Waals surface area contributed by atoms with Crippen molar-refractivity contribution in [3.63, 3.8) is 0 Å². The van der Waals surface area contributed by atoms with Crippen molar-refractivity contribution in [2.75, 3.05) is 128 Å². The highest BCUT2D eigenvalue weighted by molar-refractivity contribution is 6.39. The van der Waals surface area contributed by atoms with E-state index in [4.69, 9.17) is 59.4 Å². The molecule has 7 aromatic rings. The maximum Gasteiger partial charge on any atom is 0.329 e. The number of hydrogen-bond donors (Lipinski definition) is 7. The van der Waals surface area contributed by atoms with Crippen molar-refractivity contribution in [3.05, 3.63) is 143 Å². The molecule has 9 N–H and O–H groups in total. The number of oxime groups is 1. The van der Waals surface area contributed by atoms with Crippen LogP contribution >= 0.6 is 0 Å². The number of hydrogen-bond acceptors (Lipinski definition) is 32. The van der Waals surface area contributed by atoms with Gasteiger partial charge in [-0.15, -0.1) is 0 Å². The molecule has 4 amide bonds. The largest absolute Gasteiger partial charge is 0.460 e. The molecule has 5 aromatic heterocycles. The van der Waals surface area contributed by atoms with Crippen LogP contribution < -0.4 is 26.6 Å². The zero-order chi connectivity index (χ0) is 97.5. The first-order valence-electron chi connectivity index (χ1n) is 48.3. The van der Waals surface area contributed by atoms with Crippen LogP contribution in [0, 0.1) is 35.5 Å². The molecule has 1 saturated carbocycles. The summed E-state index contributed by atoms with van der Waals surface area (Å²) in [6.45, 7) is 24.2. The molecule has 2 bridgehead atoms. The number of piperidine rings is 1. The molecule has 14 rings (SSSR count). The number of esters is 1. The predicted molar refractivity (Wildman–Crippen MR) is 514 cm³/mol. The van der Waals surface area contributed by atoms with Crippen molar-refractivity contribution in [3.8, 4) is 11.3 Å². The summed E-state index contributed by atoms with van der Waals surface area (Å²) < 4.78 is 43.8. The van der Waals surface area contributed by atoms with Gasteiger partial charge in [0.25, 0.3) is 29.5 Å². The molecular weight excluding hydrogens is 1760 g/mol. The normalized spacial score (nSPS) is 27.7. The standard InChI is InChI=1S/C100H137N19O18/c1-60-18-14-13-15-19-61(2)80(130-10)50-74-26-21-66(7)100(129,136-74)89(124)93(126)118-31-17-16-20-76(118)94(127)134-81(63(4)46-67-23-27-77(120)82(48-67)131-11)51-78(121)62(3)45-65(6)87(123)88(132-12)85(64(5)44-60)112-137-99(8,9)95(128)103-52-69-53-104-97(105-54-69)116-39-37-114(38-40-116)83(122)30-42-133-43-41-113-33-35-115(36-34-113)98-106-55-73(56-107-98)92(125)117-32-29-70-47-68(22-24-72(70)58-117)57-119-91-84(90(101)108-59-109-91)86(111-119)71-25-28-79-75(49-71)110-96(102)135-79/h13-15,18-19,22,24-25,28,45,47,49,53-56,59-60,62-64,66-67,74,76-78,80-82,87-88,120-121,123,129H,16-17,20-21,23,26-27,29-44,46,48,50-52,57-58H2,1-12H3,(H2,102,110)(H,103,128)(H2,101,108,109)/b15-13?,18-14+,61-19?,65-45+,112-85+/t60-,62-,63-,64-,66-,67+,74+,76+,77-,78-,80+,81+,82-,87-,88+,100-/m1/s1. The summed E-state index contributed by atoms with van der Waals surface area (Å²) in [5.41, 5.74) is 19.7. The number of cyclic esters (lactones) is 1. The maximum absolute atomic E-state index is 14.8. The van der Waals surface area contributed by atoms with Crippen molar-refractivity contribution in [2.45, 2.75) is 238 Å². The van der Waals surface area contributed by atoms with Gasteiger partial charge in [-0.1, -0.05) is 94.4 Å². The highest BCUT2D eigenvalue weighted by atomic mass is 16.7. The molecule has 4 saturated heterocycles. The SMILES string of the molecule is CO[C@H]1C[C@@H]2CC[C@@H](C)[C@@](O)(O2)C(=O)C(=O)N2CCCC[C@H]2C(=O)O[C@H]([C@H](C)C[C@@H]2CC[C@@H](O)[C@H](OC)C2)C[C@@H](O)[C@H](C)/C=C(\C)[C@@H](O)[C@@H](OC)/C(=N/OC(C)(C)C(=O)NCc2cnc(N3CCN(C(=O)CCOCCN4CCN(c5ncc(C(=O)N6CCc7cc(Cn8nc(-c9ccc%10oc(N)nc%10c9)c9c(N)ncnc98)ccc7C6)cn5)CC4)CC3)nc2)[C@H](C)C[C@H](C)/C=C/C=CC=C1C. The molecule has 11 heterocycles. The van der Waals surface area contributed by atoms with Gasteiger partial charge in [0.2, 0.25) is 29.2 Å². The van der Waals surface area contributed by atoms with E-state index < -0.39 is 101 Å². The number of anilines is 4. The average Bonchev–Trinajstić information content (AvgIpc) is 1.57. The highest BCUT2D eigenvalue weighted by Gasteiger charge is 2.54. The van der Waals surface area contributed by atoms with Gasteiger partial charge < -0.3 is 99.4 Å². The summed E-state index contributed by atoms with van der Waals surface area (Å²) in [5.74, 6) is -6.78. The van der Waals surface area contributed by atoms with Crippen LogP contribution in [0.4, 0.5) is 23.7 Å². The zero-order valence-corrected chi connectivity index (χ0v) is 81.0. The van der Waals surface area contributed by atoms with Gasteiger partial charge in [0.1, 0.15) is 47.7 Å². The van der Waals surface area contributed by atoms with Crippen LogP contribution in [0.2, 0.25) is 0 Å². The van der Waals surface area contributed by atoms with Crippen molar-refractivity contribution in [1.29, 1.82) is 0 Å². The number of methoxy groups -OCH3 is 3. The second-order valence-corrected chi connectivity index (χ2v) is 38.7. The van der Waals surface area contributed by atoms with Crippen LogP contribution in [0.1, 0.15) is 178 Å². The summed E-state index contributed by atoms with van der Waals surface area (Å²) >= 11 is 0. The van der Waals surface area contributed by atoms with E-state index in [-0.39, 0.29) is 80.5 Å². The third-order valence-electron chi connectivity index (χ3n) is 28.4. The first-order valence-corrected chi connectivity index (χ1v) is 48.3. The quantitative estimate of drug-likeness (QED) is 0.0103. The molecule has 137 heavy (non-hydrogen) atoms. The lowest BCUT2D eigenvalue weighted by molar-refractivity contribution is -0.265. The minimum Gasteiger partial charge on any atom is -0.460 e. The number of nitrogens with two attached hydrogens (primary N) is 2. The Morgan fingerprint density at radius 3 is 2.20 bits per heavy atom. The first-order chi connectivity index (χ1) is 65.8. The van der Waals surface area contributed by atoms with Gasteiger partial charge >= 0.3 is 5.97 Å². The number of carbonyl (C=O) groups is 6. The number of aliphatic hydroxyl groups is 4. The Hall–Kier alpha value is -11.1. The van der Waals surface area contributed by atoms with Gasteiger partial charge in [0.05, 0.1) is 73.4 Å². The van der Waals surface area contributed by atoms with Crippen molar-refractivity contribution < 1.29 is 86.9 Å². The van der Waals surface area contributed by atoms with E-state index in [1.807, 2.05) is 89.6 Å². The molecule has 16 atom stereocenters. The Kier molecular flexibility index (Phi) is 34.2. The summed E-state index contributed by atoms with van der Waals surface area (Å²) in [7, 11) is 4.61. The topological polar surface area (TPSA) is 465 Å². The first kappa shape index (κ1) is 102. The van der Waals surface area contributed by atoms with E-state index in [0.717, 1.165) is 40.9 Å². The molecule has 1 aliphatic carbocycles. The van der Waals surface area contributed by atoms with Gasteiger partial charge in [0.15, 0.2) is 11.2 Å². The van der Waals surface area contributed by atoms with Crippen molar-refractivity contribution >= 4 is 87.0 Å². The Balaban J connectivity index is 0.535. The van der Waals surface area contributed by atoms with E-state index in [1.165, 1.54) is 18.3 Å². The number of ether oxygens (including phenoxy) is 6. The lowest BCUT2D eigenvalue weighted by atomic mass is 9.78. The molecule has 0 unspecified atom stereocenters. The monoisotopic (exact) mass is 1890 g/mol. The fraction of sp³-hybridized carbons (Fsp3) is 0.590. The fourth-order valence-electron chi connectivity index (χ4n) is 19.8. The molecule has 6 aliphatic heterocycles. The molecule has 2 aromatic carbocycles. The number of nitrogens with zero attached hydrogens (tertiary/aromatic N) is 16. The number of benzene rings is 2. The van der Waals surface area contributed by atoms with Crippen molar-refractivity contribution in [1.82, 2.24) is 69.6 Å². The number of aromatic nitrogens is 9. The van der Waals surface area contributed by atoms with Crippen LogP contribution in [-0.4, -0.2) is 299 Å². The van der Waals surface area contributed by atoms with Gasteiger partial charge in [-0.2, -0.15) is 10.1 Å². The van der Waals surface area contributed by atoms with Crippen LogP contribution in [-0.2, 0) is 83.3 Å². The molecular formula is C100H137N19O18. The minimum atomic E-state index is -2.47. The van der Waals surface area contributed by atoms with Gasteiger partial charge in [-0.05, 0) is 162 Å². The van der Waals surface area contributed by atoms with E-state index >= 15 is 0 Å². The number of rotatable bonds is 23. The van der Waals surface area contributed by atoms with Crippen LogP contribution in [0.5, 0.6) is 0 Å². The molecule has 0 radical (unpaired) electrons. The Morgan fingerprint density at radius 1 is 0.737 bits per heavy atom. The number of amides is 4. The third-order valence-corrected chi connectivity index (χ3v) is 28.4. The number of carbonyl (C=O) groups excluding carboxylic acids is 6. The van der Waals surface area contributed by atoms with Crippen molar-refractivity contribution in [2.24, 2.45) is 40.7 Å². The molecule has 740 valence electrons.